The van der Waals surface area contributed by atoms with Gasteiger partial charge in [0, 0.05) is 35.7 Å². The van der Waals surface area contributed by atoms with Gasteiger partial charge in [-0.05, 0) is 36.6 Å². The number of ether oxygens (including phenoxy) is 1. The molecule has 6 nitrogen and oxygen atoms in total. The summed E-state index contributed by atoms with van der Waals surface area (Å²) in [5.41, 5.74) is -0.437. The number of benzene rings is 2. The van der Waals surface area contributed by atoms with Crippen LogP contribution in [-0.2, 0) is 23.5 Å². The molecule has 0 bridgehead atoms. The Morgan fingerprint density at radius 1 is 1.12 bits per heavy atom. The average molecular weight is 507 g/mol. The minimum absolute atomic E-state index is 0.00880. The zero-order valence-corrected chi connectivity index (χ0v) is 19.1. The molecule has 0 saturated carbocycles. The Hall–Kier alpha value is -2.20. The lowest BCUT2D eigenvalue weighted by Gasteiger charge is -2.38. The maximum Gasteiger partial charge on any atom is 0.137 e. The molecule has 9 heteroatoms. The van der Waals surface area contributed by atoms with E-state index in [1.165, 1.54) is 23.4 Å². The van der Waals surface area contributed by atoms with Crippen LogP contribution in [0.15, 0.2) is 59.6 Å². The van der Waals surface area contributed by atoms with E-state index in [-0.39, 0.29) is 24.8 Å². The average Bonchev–Trinajstić information content (AvgIpc) is 3.26. The third-order valence-electron chi connectivity index (χ3n) is 5.72. The lowest BCUT2D eigenvalue weighted by atomic mass is 9.91. The van der Waals surface area contributed by atoms with Crippen LogP contribution in [-0.4, -0.2) is 50.5 Å². The smallest absolute Gasteiger partial charge is 0.137 e. The first kappa shape index (κ1) is 23.0. The Morgan fingerprint density at radius 2 is 1.94 bits per heavy atom. The molecule has 0 amide bonds. The van der Waals surface area contributed by atoms with Gasteiger partial charge in [-0.2, -0.15) is 5.10 Å². The third kappa shape index (κ3) is 5.78. The molecule has 1 aliphatic heterocycles. The van der Waals surface area contributed by atoms with Crippen molar-refractivity contribution < 1.29 is 18.6 Å². The first-order chi connectivity index (χ1) is 15.4. The lowest BCUT2D eigenvalue weighted by Crippen LogP contribution is -2.48. The number of β-amino-alcohol motifs (C(OH)–C–C–N with tert-alkyl or cyclic N) is 1. The quantitative estimate of drug-likeness (QED) is 0.502. The number of aromatic nitrogens is 3. The monoisotopic (exact) mass is 506 g/mol. The molecule has 3 aromatic rings. The van der Waals surface area contributed by atoms with Gasteiger partial charge in [-0.1, -0.05) is 34.1 Å². The van der Waals surface area contributed by atoms with Crippen molar-refractivity contribution in [2.24, 2.45) is 0 Å². The van der Waals surface area contributed by atoms with E-state index in [1.54, 1.807) is 0 Å². The molecular weight excluding hydrogens is 482 g/mol. The molecule has 1 unspecified atom stereocenters. The van der Waals surface area contributed by atoms with Crippen molar-refractivity contribution in [3.05, 3.63) is 82.4 Å². The number of halogens is 3. The van der Waals surface area contributed by atoms with Gasteiger partial charge in [0.05, 0.1) is 19.3 Å². The maximum atomic E-state index is 14.6. The standard InChI is InChI=1S/C23H25BrF2N4O2/c24-18-3-1-2-17(10-18)12-32-20-6-8-29(9-7-20)13-23(31,14-30-16-27-15-28-30)21-5-4-19(25)11-22(21)26/h1-5,10-11,15-16,20,31H,6-9,12-14H2. The van der Waals surface area contributed by atoms with E-state index < -0.39 is 17.2 Å². The summed E-state index contributed by atoms with van der Waals surface area (Å²) in [4.78, 5) is 5.98. The first-order valence-electron chi connectivity index (χ1n) is 10.5. The van der Waals surface area contributed by atoms with Gasteiger partial charge in [-0.15, -0.1) is 0 Å². The number of piperidine rings is 1. The molecule has 170 valence electrons. The van der Waals surface area contributed by atoms with Crippen LogP contribution in [0.3, 0.4) is 0 Å². The van der Waals surface area contributed by atoms with Crippen molar-refractivity contribution in [2.45, 2.75) is 37.7 Å². The van der Waals surface area contributed by atoms with E-state index in [0.29, 0.717) is 19.7 Å². The van der Waals surface area contributed by atoms with Crippen LogP contribution in [0.25, 0.3) is 0 Å². The number of hydrogen-bond donors (Lipinski definition) is 1. The van der Waals surface area contributed by atoms with Crippen LogP contribution < -0.4 is 0 Å². The Kier molecular flexibility index (Phi) is 7.30. The van der Waals surface area contributed by atoms with Gasteiger partial charge in [0.25, 0.3) is 0 Å². The minimum Gasteiger partial charge on any atom is -0.382 e. The number of rotatable bonds is 8. The van der Waals surface area contributed by atoms with Crippen LogP contribution in [0, 0.1) is 11.6 Å². The lowest BCUT2D eigenvalue weighted by molar-refractivity contribution is -0.0489. The summed E-state index contributed by atoms with van der Waals surface area (Å²) in [7, 11) is 0. The fourth-order valence-corrected chi connectivity index (χ4v) is 4.56. The summed E-state index contributed by atoms with van der Waals surface area (Å²) >= 11 is 3.47. The van der Waals surface area contributed by atoms with Crippen molar-refractivity contribution in [2.75, 3.05) is 19.6 Å². The molecule has 0 radical (unpaired) electrons. The molecule has 1 N–H and O–H groups in total. The van der Waals surface area contributed by atoms with Crippen molar-refractivity contribution >= 4 is 15.9 Å². The summed E-state index contributed by atoms with van der Waals surface area (Å²) in [5, 5.41) is 15.5. The first-order valence-corrected chi connectivity index (χ1v) is 11.3. The molecule has 2 heterocycles. The predicted molar refractivity (Wildman–Crippen MR) is 119 cm³/mol. The number of likely N-dealkylation sites (tertiary alicyclic amines) is 1. The van der Waals surface area contributed by atoms with Gasteiger partial charge in [0.2, 0.25) is 0 Å². The number of nitrogens with zero attached hydrogens (tertiary/aromatic N) is 4. The van der Waals surface area contributed by atoms with E-state index >= 15 is 0 Å². The van der Waals surface area contributed by atoms with Gasteiger partial charge < -0.3 is 9.84 Å². The zero-order valence-electron chi connectivity index (χ0n) is 17.5. The van der Waals surface area contributed by atoms with Gasteiger partial charge in [-0.3, -0.25) is 4.90 Å². The van der Waals surface area contributed by atoms with Crippen LogP contribution >= 0.6 is 15.9 Å². The second-order valence-corrected chi connectivity index (χ2v) is 9.08. The predicted octanol–water partition coefficient (Wildman–Crippen LogP) is 3.89. The summed E-state index contributed by atoms with van der Waals surface area (Å²) in [6, 6.07) is 11.3. The third-order valence-corrected chi connectivity index (χ3v) is 6.21. The molecule has 1 aromatic heterocycles. The van der Waals surface area contributed by atoms with E-state index in [2.05, 4.69) is 30.9 Å². The Bertz CT molecular complexity index is 1030. The van der Waals surface area contributed by atoms with Gasteiger partial charge in [-0.25, -0.2) is 18.4 Å². The molecule has 1 aliphatic rings. The molecule has 4 rings (SSSR count). The largest absolute Gasteiger partial charge is 0.382 e. The van der Waals surface area contributed by atoms with Gasteiger partial charge in [0.1, 0.15) is 29.9 Å². The Labute approximate surface area is 194 Å². The SMILES string of the molecule is OC(CN1CCC(OCc2cccc(Br)c2)CC1)(Cn1cncn1)c1ccc(F)cc1F. The Balaban J connectivity index is 1.39. The number of hydrogen-bond acceptors (Lipinski definition) is 5. The van der Waals surface area contributed by atoms with Crippen molar-refractivity contribution in [1.82, 2.24) is 19.7 Å². The molecule has 1 saturated heterocycles. The molecule has 0 spiro atoms. The van der Waals surface area contributed by atoms with Crippen molar-refractivity contribution in [1.29, 1.82) is 0 Å². The molecular formula is C23H25BrF2N4O2. The van der Waals surface area contributed by atoms with E-state index in [9.17, 15) is 13.9 Å². The summed E-state index contributed by atoms with van der Waals surface area (Å²) in [6.07, 6.45) is 4.55. The highest BCUT2D eigenvalue weighted by atomic mass is 79.9. The normalized spacial score (nSPS) is 17.4. The molecule has 32 heavy (non-hydrogen) atoms. The van der Waals surface area contributed by atoms with Crippen LogP contribution in [0.4, 0.5) is 8.78 Å². The maximum absolute atomic E-state index is 14.6. The summed E-state index contributed by atoms with van der Waals surface area (Å²) < 4.78 is 36.6. The topological polar surface area (TPSA) is 63.4 Å². The fraction of sp³-hybridized carbons (Fsp3) is 0.391. The van der Waals surface area contributed by atoms with Crippen LogP contribution in [0.2, 0.25) is 0 Å². The Morgan fingerprint density at radius 3 is 2.62 bits per heavy atom. The minimum atomic E-state index is -1.59. The second kappa shape index (κ2) is 10.2. The van der Waals surface area contributed by atoms with E-state index in [1.807, 2.05) is 24.3 Å². The highest BCUT2D eigenvalue weighted by Gasteiger charge is 2.36. The molecule has 0 aliphatic carbocycles. The van der Waals surface area contributed by atoms with Gasteiger partial charge in [0.15, 0.2) is 0 Å². The zero-order chi connectivity index (χ0) is 22.6. The second-order valence-electron chi connectivity index (χ2n) is 8.17. The molecule has 1 atom stereocenters. The molecule has 1 fully saturated rings. The highest BCUT2D eigenvalue weighted by Crippen LogP contribution is 2.29. The molecule has 2 aromatic carbocycles. The van der Waals surface area contributed by atoms with E-state index in [4.69, 9.17) is 4.74 Å². The summed E-state index contributed by atoms with van der Waals surface area (Å²) in [5.74, 6) is -1.46. The van der Waals surface area contributed by atoms with E-state index in [0.717, 1.165) is 35.0 Å². The number of aliphatic hydroxyl groups is 1. The van der Waals surface area contributed by atoms with Crippen molar-refractivity contribution in [3.63, 3.8) is 0 Å². The van der Waals surface area contributed by atoms with Crippen LogP contribution in [0.5, 0.6) is 0 Å². The van der Waals surface area contributed by atoms with Crippen LogP contribution in [0.1, 0.15) is 24.0 Å². The van der Waals surface area contributed by atoms with Crippen molar-refractivity contribution in [3.8, 4) is 0 Å². The highest BCUT2D eigenvalue weighted by molar-refractivity contribution is 9.10. The fourth-order valence-electron chi connectivity index (χ4n) is 4.11. The van der Waals surface area contributed by atoms with Gasteiger partial charge >= 0.3 is 0 Å². The summed E-state index contributed by atoms with van der Waals surface area (Å²) in [6.45, 7) is 2.14.